The molecule has 2 N–H and O–H groups in total. The van der Waals surface area contributed by atoms with Crippen LogP contribution < -0.4 is 17.0 Å². The topological polar surface area (TPSA) is 70.0 Å². The summed E-state index contributed by atoms with van der Waals surface area (Å²) in [5.74, 6) is 0. The Labute approximate surface area is 123 Å². The van der Waals surface area contributed by atoms with E-state index in [1.165, 1.54) is 20.9 Å². The zero-order chi connectivity index (χ0) is 15.6. The van der Waals surface area contributed by atoms with Crippen molar-refractivity contribution in [3.8, 4) is 0 Å². The first-order valence-electron chi connectivity index (χ1n) is 7.10. The molecule has 0 aliphatic heterocycles. The van der Waals surface area contributed by atoms with Crippen LogP contribution in [0.25, 0.3) is 0 Å². The number of anilines is 1. The molecule has 0 radical (unpaired) electrons. The van der Waals surface area contributed by atoms with Crippen molar-refractivity contribution in [1.29, 1.82) is 0 Å². The third-order valence-electron chi connectivity index (χ3n) is 3.64. The van der Waals surface area contributed by atoms with E-state index in [0.29, 0.717) is 6.54 Å². The van der Waals surface area contributed by atoms with Crippen LogP contribution in [0, 0.1) is 13.8 Å². The van der Waals surface area contributed by atoms with Gasteiger partial charge >= 0.3 is 5.69 Å². The van der Waals surface area contributed by atoms with Crippen molar-refractivity contribution in [3.63, 3.8) is 0 Å². The summed E-state index contributed by atoms with van der Waals surface area (Å²) in [7, 11) is 0. The minimum atomic E-state index is -0.425. The zero-order valence-corrected chi connectivity index (χ0v) is 12.7. The van der Waals surface area contributed by atoms with Crippen molar-refractivity contribution < 1.29 is 0 Å². The molecule has 0 atom stereocenters. The van der Waals surface area contributed by atoms with E-state index < -0.39 is 5.56 Å². The van der Waals surface area contributed by atoms with Crippen molar-refractivity contribution in [1.82, 2.24) is 9.13 Å². The minimum Gasteiger partial charge on any atom is -0.393 e. The van der Waals surface area contributed by atoms with Crippen molar-refractivity contribution in [2.75, 3.05) is 5.73 Å². The van der Waals surface area contributed by atoms with E-state index in [9.17, 15) is 9.59 Å². The van der Waals surface area contributed by atoms with Gasteiger partial charge in [-0.05, 0) is 37.0 Å². The Morgan fingerprint density at radius 2 is 1.86 bits per heavy atom. The van der Waals surface area contributed by atoms with Crippen LogP contribution in [0.4, 0.5) is 5.69 Å². The van der Waals surface area contributed by atoms with Gasteiger partial charge in [0.15, 0.2) is 0 Å². The number of nitrogens with two attached hydrogens (primary N) is 1. The van der Waals surface area contributed by atoms with Crippen LogP contribution in [-0.4, -0.2) is 9.13 Å². The number of rotatable bonds is 4. The molecule has 0 saturated carbocycles. The normalized spacial score (nSPS) is 10.8. The number of aromatic nitrogens is 2. The van der Waals surface area contributed by atoms with Gasteiger partial charge in [0.1, 0.15) is 5.69 Å². The monoisotopic (exact) mass is 287 g/mol. The standard InChI is InChI=1S/C16H21N3O2/c1-4-7-18-10-14(17)15(20)19(16(18)21)9-13-6-5-11(2)12(3)8-13/h5-6,8,10H,4,7,9,17H2,1-3H3. The lowest BCUT2D eigenvalue weighted by atomic mass is 10.1. The Bertz CT molecular complexity index is 772. The number of benzene rings is 1. The van der Waals surface area contributed by atoms with E-state index in [1.54, 1.807) is 0 Å². The quantitative estimate of drug-likeness (QED) is 0.930. The van der Waals surface area contributed by atoms with Crippen molar-refractivity contribution in [3.05, 3.63) is 61.9 Å². The molecular formula is C16H21N3O2. The average Bonchev–Trinajstić information content (AvgIpc) is 2.45. The van der Waals surface area contributed by atoms with Gasteiger partial charge in [-0.1, -0.05) is 25.1 Å². The highest BCUT2D eigenvalue weighted by molar-refractivity contribution is 5.33. The molecule has 5 nitrogen and oxygen atoms in total. The van der Waals surface area contributed by atoms with Crippen LogP contribution in [-0.2, 0) is 13.1 Å². The van der Waals surface area contributed by atoms with Crippen LogP contribution in [0.2, 0.25) is 0 Å². The molecule has 0 aliphatic carbocycles. The summed E-state index contributed by atoms with van der Waals surface area (Å²) in [6, 6.07) is 5.92. The second-order valence-corrected chi connectivity index (χ2v) is 5.37. The molecular weight excluding hydrogens is 266 g/mol. The van der Waals surface area contributed by atoms with E-state index in [0.717, 1.165) is 17.5 Å². The van der Waals surface area contributed by atoms with E-state index in [4.69, 9.17) is 5.73 Å². The summed E-state index contributed by atoms with van der Waals surface area (Å²) >= 11 is 0. The third kappa shape index (κ3) is 3.07. The van der Waals surface area contributed by atoms with Crippen LogP contribution in [0.5, 0.6) is 0 Å². The molecule has 2 aromatic rings. The fraction of sp³-hybridized carbons (Fsp3) is 0.375. The smallest absolute Gasteiger partial charge is 0.331 e. The van der Waals surface area contributed by atoms with Gasteiger partial charge in [-0.25, -0.2) is 4.79 Å². The highest BCUT2D eigenvalue weighted by Gasteiger charge is 2.10. The number of nitrogen functional groups attached to an aromatic ring is 1. The predicted molar refractivity (Wildman–Crippen MR) is 84.7 cm³/mol. The summed E-state index contributed by atoms with van der Waals surface area (Å²) in [6.45, 7) is 6.81. The molecule has 21 heavy (non-hydrogen) atoms. The van der Waals surface area contributed by atoms with Gasteiger partial charge in [-0.2, -0.15) is 0 Å². The SMILES string of the molecule is CCCn1cc(N)c(=O)n(Cc2ccc(C)c(C)c2)c1=O. The molecule has 112 valence electrons. The van der Waals surface area contributed by atoms with Crippen LogP contribution >= 0.6 is 0 Å². The van der Waals surface area contributed by atoms with Gasteiger partial charge in [0.2, 0.25) is 0 Å². The highest BCUT2D eigenvalue weighted by atomic mass is 16.2. The fourth-order valence-electron chi connectivity index (χ4n) is 2.30. The Hall–Kier alpha value is -2.30. The molecule has 5 heteroatoms. The molecule has 0 fully saturated rings. The summed E-state index contributed by atoms with van der Waals surface area (Å²) < 4.78 is 2.70. The minimum absolute atomic E-state index is 0.104. The molecule has 1 aromatic carbocycles. The largest absolute Gasteiger partial charge is 0.393 e. The third-order valence-corrected chi connectivity index (χ3v) is 3.64. The molecule has 0 aliphatic rings. The maximum Gasteiger partial charge on any atom is 0.331 e. The van der Waals surface area contributed by atoms with Crippen LogP contribution in [0.3, 0.4) is 0 Å². The van der Waals surface area contributed by atoms with Gasteiger partial charge in [-0.3, -0.25) is 13.9 Å². The number of aryl methyl sites for hydroxylation is 3. The lowest BCUT2D eigenvalue weighted by Gasteiger charge is -2.11. The maximum absolute atomic E-state index is 12.4. The molecule has 0 unspecified atom stereocenters. The number of hydrogen-bond donors (Lipinski definition) is 1. The molecule has 0 bridgehead atoms. The molecule has 2 rings (SSSR count). The van der Waals surface area contributed by atoms with Crippen LogP contribution in [0.15, 0.2) is 34.0 Å². The molecule has 1 aromatic heterocycles. The lowest BCUT2D eigenvalue weighted by molar-refractivity contribution is 0.573. The van der Waals surface area contributed by atoms with E-state index in [-0.39, 0.29) is 17.9 Å². The average molecular weight is 287 g/mol. The van der Waals surface area contributed by atoms with Crippen molar-refractivity contribution in [2.24, 2.45) is 0 Å². The van der Waals surface area contributed by atoms with Gasteiger partial charge in [0.05, 0.1) is 6.54 Å². The Kier molecular flexibility index (Phi) is 4.31. The Morgan fingerprint density at radius 3 is 2.48 bits per heavy atom. The predicted octanol–water partition coefficient (Wildman–Crippen LogP) is 1.67. The number of nitrogens with zero attached hydrogens (tertiary/aromatic N) is 2. The zero-order valence-electron chi connectivity index (χ0n) is 12.7. The second kappa shape index (κ2) is 5.99. The van der Waals surface area contributed by atoms with E-state index in [1.807, 2.05) is 39.0 Å². The van der Waals surface area contributed by atoms with E-state index >= 15 is 0 Å². The first kappa shape index (κ1) is 15.1. The summed E-state index contributed by atoms with van der Waals surface area (Å²) in [6.07, 6.45) is 2.24. The fourth-order valence-corrected chi connectivity index (χ4v) is 2.30. The second-order valence-electron chi connectivity index (χ2n) is 5.37. The Morgan fingerprint density at radius 1 is 1.14 bits per heavy atom. The molecule has 1 heterocycles. The van der Waals surface area contributed by atoms with Gasteiger partial charge in [0.25, 0.3) is 5.56 Å². The summed E-state index contributed by atoms with van der Waals surface area (Å²) in [5, 5.41) is 0. The van der Waals surface area contributed by atoms with Gasteiger partial charge in [-0.15, -0.1) is 0 Å². The Balaban J connectivity index is 2.50. The molecule has 0 spiro atoms. The highest BCUT2D eigenvalue weighted by Crippen LogP contribution is 2.10. The van der Waals surface area contributed by atoms with Gasteiger partial charge in [0, 0.05) is 12.7 Å². The van der Waals surface area contributed by atoms with E-state index in [2.05, 4.69) is 0 Å². The summed E-state index contributed by atoms with van der Waals surface area (Å²) in [5.41, 5.74) is 8.34. The lowest BCUT2D eigenvalue weighted by Crippen LogP contribution is -2.40. The van der Waals surface area contributed by atoms with Crippen LogP contribution in [0.1, 0.15) is 30.0 Å². The first-order valence-corrected chi connectivity index (χ1v) is 7.10. The first-order chi connectivity index (χ1) is 9.93. The van der Waals surface area contributed by atoms with Gasteiger partial charge < -0.3 is 5.73 Å². The number of hydrogen-bond acceptors (Lipinski definition) is 3. The molecule has 0 amide bonds. The molecule has 0 saturated heterocycles. The maximum atomic E-state index is 12.4. The summed E-state index contributed by atoms with van der Waals surface area (Å²) in [4.78, 5) is 24.5. The van der Waals surface area contributed by atoms with Crippen molar-refractivity contribution in [2.45, 2.75) is 40.3 Å². The van der Waals surface area contributed by atoms with Crippen molar-refractivity contribution >= 4 is 5.69 Å².